The minimum Gasteiger partial charge on any atom is -0.494 e. The molecule has 0 saturated heterocycles. The molecule has 0 radical (unpaired) electrons. The van der Waals surface area contributed by atoms with Gasteiger partial charge in [0.05, 0.1) is 6.61 Å². The number of carbonyl (C=O) groups excluding carboxylic acids is 1. The van der Waals surface area contributed by atoms with E-state index in [1.807, 2.05) is 72.8 Å². The zero-order valence-corrected chi connectivity index (χ0v) is 24.7. The number of nitrogens with one attached hydrogen (secondary N) is 1. The standard InChI is InChI=1S/C30H32Br2N2O4/c1-20(2)19-33-29(36)30(18-21-8-12-23(31)13-9-21)27(25-6-3-4-7-26(25)32)38-28(34-30)22-10-14-24(15-11-22)37-17-5-16-35/h3-4,6-15,20,27,35H,5,16-19H2,1-2H3,(H,33,36)/t27-,30-/m1/s1. The van der Waals surface area contributed by atoms with Gasteiger partial charge in [0, 0.05) is 46.1 Å². The molecule has 200 valence electrons. The lowest BCUT2D eigenvalue weighted by Crippen LogP contribution is -2.50. The molecule has 2 atom stereocenters. The third kappa shape index (κ3) is 6.65. The topological polar surface area (TPSA) is 80.2 Å². The van der Waals surface area contributed by atoms with Crippen molar-refractivity contribution in [2.75, 3.05) is 19.8 Å². The Morgan fingerprint density at radius 3 is 2.45 bits per heavy atom. The van der Waals surface area contributed by atoms with E-state index in [1.54, 1.807) is 0 Å². The average molecular weight is 644 g/mol. The number of amides is 1. The molecule has 0 spiro atoms. The van der Waals surface area contributed by atoms with Gasteiger partial charge in [-0.05, 0) is 53.9 Å². The van der Waals surface area contributed by atoms with Gasteiger partial charge in [0.1, 0.15) is 5.75 Å². The molecule has 1 aliphatic heterocycles. The lowest BCUT2D eigenvalue weighted by atomic mass is 9.82. The summed E-state index contributed by atoms with van der Waals surface area (Å²) >= 11 is 7.18. The number of rotatable bonds is 11. The van der Waals surface area contributed by atoms with Crippen LogP contribution in [0.4, 0.5) is 0 Å². The van der Waals surface area contributed by atoms with Gasteiger partial charge in [0.2, 0.25) is 5.90 Å². The highest BCUT2D eigenvalue weighted by molar-refractivity contribution is 9.10. The number of benzene rings is 3. The Kier molecular flexibility index (Phi) is 9.63. The molecule has 2 N–H and O–H groups in total. The first-order chi connectivity index (χ1) is 18.3. The van der Waals surface area contributed by atoms with Crippen molar-refractivity contribution < 1.29 is 19.4 Å². The van der Waals surface area contributed by atoms with Crippen LogP contribution in [0.3, 0.4) is 0 Å². The molecule has 0 aliphatic carbocycles. The highest BCUT2D eigenvalue weighted by Crippen LogP contribution is 2.44. The van der Waals surface area contributed by atoms with Gasteiger partial charge in [-0.3, -0.25) is 4.79 Å². The molecule has 3 aromatic carbocycles. The normalized spacial score (nSPS) is 18.7. The maximum Gasteiger partial charge on any atom is 0.252 e. The Morgan fingerprint density at radius 1 is 1.08 bits per heavy atom. The van der Waals surface area contributed by atoms with Crippen molar-refractivity contribution in [1.29, 1.82) is 0 Å². The van der Waals surface area contributed by atoms with Crippen molar-refractivity contribution in [2.24, 2.45) is 10.9 Å². The summed E-state index contributed by atoms with van der Waals surface area (Å²) in [7, 11) is 0. The maximum absolute atomic E-state index is 14.1. The lowest BCUT2D eigenvalue weighted by molar-refractivity contribution is -0.129. The summed E-state index contributed by atoms with van der Waals surface area (Å²) in [6.45, 7) is 5.19. The molecule has 3 aromatic rings. The number of hydrogen-bond donors (Lipinski definition) is 2. The van der Waals surface area contributed by atoms with Gasteiger partial charge in [-0.1, -0.05) is 76.0 Å². The van der Waals surface area contributed by atoms with Crippen LogP contribution in [-0.2, 0) is 16.0 Å². The average Bonchev–Trinajstić information content (AvgIpc) is 3.29. The van der Waals surface area contributed by atoms with Crippen LogP contribution >= 0.6 is 31.9 Å². The highest BCUT2D eigenvalue weighted by Gasteiger charge is 2.53. The predicted octanol–water partition coefficient (Wildman–Crippen LogP) is 6.24. The molecular formula is C30H32Br2N2O4. The molecule has 6 nitrogen and oxygen atoms in total. The third-order valence-corrected chi connectivity index (χ3v) is 7.53. The first-order valence-corrected chi connectivity index (χ1v) is 14.3. The van der Waals surface area contributed by atoms with Gasteiger partial charge >= 0.3 is 0 Å². The smallest absolute Gasteiger partial charge is 0.252 e. The summed E-state index contributed by atoms with van der Waals surface area (Å²) in [5.41, 5.74) is 1.36. The summed E-state index contributed by atoms with van der Waals surface area (Å²) in [5.74, 6) is 1.21. The third-order valence-electron chi connectivity index (χ3n) is 6.28. The number of ether oxygens (including phenoxy) is 2. The molecule has 0 fully saturated rings. The van der Waals surface area contributed by atoms with Gasteiger partial charge < -0.3 is 19.9 Å². The summed E-state index contributed by atoms with van der Waals surface area (Å²) in [4.78, 5) is 19.1. The Bertz CT molecular complexity index is 1260. The molecule has 38 heavy (non-hydrogen) atoms. The number of aliphatic imine (C=N–C) groups is 1. The number of aliphatic hydroxyl groups is 1. The van der Waals surface area contributed by atoms with E-state index in [-0.39, 0.29) is 18.4 Å². The number of carbonyl (C=O) groups is 1. The van der Waals surface area contributed by atoms with Crippen molar-refractivity contribution in [3.63, 3.8) is 0 Å². The molecular weight excluding hydrogens is 612 g/mol. The van der Waals surface area contributed by atoms with Gasteiger partial charge in [-0.2, -0.15) is 0 Å². The Morgan fingerprint density at radius 2 is 1.79 bits per heavy atom. The van der Waals surface area contributed by atoms with Crippen LogP contribution in [0, 0.1) is 5.92 Å². The van der Waals surface area contributed by atoms with Crippen LogP contribution in [0.25, 0.3) is 0 Å². The Balaban J connectivity index is 1.78. The maximum atomic E-state index is 14.1. The van der Waals surface area contributed by atoms with Crippen LogP contribution in [0.1, 0.15) is 43.1 Å². The second-order valence-electron chi connectivity index (χ2n) is 9.72. The monoisotopic (exact) mass is 642 g/mol. The molecule has 1 aliphatic rings. The fraction of sp³-hybridized carbons (Fsp3) is 0.333. The summed E-state index contributed by atoms with van der Waals surface area (Å²) in [6, 6.07) is 23.2. The van der Waals surface area contributed by atoms with E-state index in [1.165, 1.54) is 0 Å². The minimum atomic E-state index is -1.22. The van der Waals surface area contributed by atoms with E-state index in [0.717, 1.165) is 25.6 Å². The van der Waals surface area contributed by atoms with E-state index in [0.29, 0.717) is 37.6 Å². The molecule has 0 aromatic heterocycles. The fourth-order valence-electron chi connectivity index (χ4n) is 4.31. The van der Waals surface area contributed by atoms with Crippen LogP contribution < -0.4 is 10.1 Å². The second-order valence-corrected chi connectivity index (χ2v) is 11.5. The molecule has 0 saturated carbocycles. The number of halogens is 2. The summed E-state index contributed by atoms with van der Waals surface area (Å²) in [5, 5.41) is 12.1. The van der Waals surface area contributed by atoms with E-state index < -0.39 is 11.6 Å². The van der Waals surface area contributed by atoms with Crippen LogP contribution in [0.5, 0.6) is 5.75 Å². The fourth-order valence-corrected chi connectivity index (χ4v) is 5.07. The second kappa shape index (κ2) is 12.9. The SMILES string of the molecule is CC(C)CNC(=O)[C@]1(Cc2ccc(Br)cc2)N=C(c2ccc(OCCCO)cc2)O[C@@H]1c1ccccc1Br. The first-order valence-electron chi connectivity index (χ1n) is 12.7. The van der Waals surface area contributed by atoms with Crippen molar-refractivity contribution in [2.45, 2.75) is 38.3 Å². The highest BCUT2D eigenvalue weighted by atomic mass is 79.9. The van der Waals surface area contributed by atoms with Gasteiger partial charge in [0.15, 0.2) is 11.6 Å². The lowest BCUT2D eigenvalue weighted by Gasteiger charge is -2.31. The van der Waals surface area contributed by atoms with E-state index in [2.05, 4.69) is 51.0 Å². The van der Waals surface area contributed by atoms with Gasteiger partial charge in [0.25, 0.3) is 5.91 Å². The van der Waals surface area contributed by atoms with Gasteiger partial charge in [-0.25, -0.2) is 4.99 Å². The molecule has 1 amide bonds. The van der Waals surface area contributed by atoms with Gasteiger partial charge in [-0.15, -0.1) is 0 Å². The zero-order valence-electron chi connectivity index (χ0n) is 21.5. The molecule has 0 bridgehead atoms. The molecule has 0 unspecified atom stereocenters. The predicted molar refractivity (Wildman–Crippen MR) is 157 cm³/mol. The van der Waals surface area contributed by atoms with Crippen LogP contribution in [-0.4, -0.2) is 42.2 Å². The summed E-state index contributed by atoms with van der Waals surface area (Å²) in [6.07, 6.45) is 0.279. The molecule has 1 heterocycles. The van der Waals surface area contributed by atoms with E-state index >= 15 is 0 Å². The van der Waals surface area contributed by atoms with Crippen molar-refractivity contribution in [3.8, 4) is 5.75 Å². The van der Waals surface area contributed by atoms with Crippen LogP contribution in [0.2, 0.25) is 0 Å². The molecule has 8 heteroatoms. The van der Waals surface area contributed by atoms with Crippen molar-refractivity contribution in [3.05, 3.63) is 98.4 Å². The first kappa shape index (κ1) is 28.3. The Hall–Kier alpha value is -2.68. The number of hydrogen-bond acceptors (Lipinski definition) is 5. The largest absolute Gasteiger partial charge is 0.494 e. The van der Waals surface area contributed by atoms with E-state index in [4.69, 9.17) is 19.6 Å². The number of aliphatic hydroxyl groups excluding tert-OH is 1. The van der Waals surface area contributed by atoms with Crippen LogP contribution in [0.15, 0.2) is 86.7 Å². The zero-order chi connectivity index (χ0) is 27.1. The van der Waals surface area contributed by atoms with Crippen molar-refractivity contribution >= 4 is 43.7 Å². The number of nitrogens with zero attached hydrogens (tertiary/aromatic N) is 1. The molecule has 4 rings (SSSR count). The quantitative estimate of drug-likeness (QED) is 0.242. The minimum absolute atomic E-state index is 0.0818. The van der Waals surface area contributed by atoms with Crippen molar-refractivity contribution in [1.82, 2.24) is 5.32 Å². The van der Waals surface area contributed by atoms with E-state index in [9.17, 15) is 4.79 Å². The summed E-state index contributed by atoms with van der Waals surface area (Å²) < 4.78 is 14.1. The Labute approximate surface area is 240 Å².